The highest BCUT2D eigenvalue weighted by Crippen LogP contribution is 2.25. The average Bonchev–Trinajstić information content (AvgIpc) is 3.24. The molecule has 7 heteroatoms. The van der Waals surface area contributed by atoms with E-state index in [4.69, 9.17) is 0 Å². The van der Waals surface area contributed by atoms with E-state index in [1.807, 2.05) is 41.1 Å². The predicted molar refractivity (Wildman–Crippen MR) is 127 cm³/mol. The van der Waals surface area contributed by atoms with Crippen molar-refractivity contribution in [2.45, 2.75) is 50.0 Å². The fourth-order valence-electron chi connectivity index (χ4n) is 4.26. The van der Waals surface area contributed by atoms with E-state index in [2.05, 4.69) is 24.4 Å². The molecule has 2 heterocycles. The molecule has 1 amide bonds. The quantitative estimate of drug-likeness (QED) is 0.558. The predicted octanol–water partition coefficient (Wildman–Crippen LogP) is 4.13. The molecule has 0 spiro atoms. The number of piperidine rings is 1. The minimum Gasteiger partial charge on any atom is -0.355 e. The summed E-state index contributed by atoms with van der Waals surface area (Å²) in [5.41, 5.74) is 2.15. The van der Waals surface area contributed by atoms with E-state index in [1.165, 1.54) is 5.56 Å². The number of nitrogens with one attached hydrogen (secondary N) is 1. The van der Waals surface area contributed by atoms with Crippen LogP contribution >= 0.6 is 0 Å². The molecule has 2 aromatic carbocycles. The van der Waals surface area contributed by atoms with E-state index in [-0.39, 0.29) is 11.8 Å². The maximum absolute atomic E-state index is 12.9. The van der Waals surface area contributed by atoms with Gasteiger partial charge in [0.05, 0.1) is 4.90 Å². The second-order valence-corrected chi connectivity index (χ2v) is 10.5. The second kappa shape index (κ2) is 9.88. The van der Waals surface area contributed by atoms with Crippen molar-refractivity contribution in [3.8, 4) is 0 Å². The number of amides is 1. The van der Waals surface area contributed by atoms with Gasteiger partial charge >= 0.3 is 0 Å². The summed E-state index contributed by atoms with van der Waals surface area (Å²) in [6.45, 7) is 4.45. The highest BCUT2D eigenvalue weighted by atomic mass is 32.2. The number of sulfonamides is 1. The third kappa shape index (κ3) is 5.05. The highest BCUT2D eigenvalue weighted by molar-refractivity contribution is 7.89. The fourth-order valence-corrected chi connectivity index (χ4v) is 5.82. The Morgan fingerprint density at radius 3 is 2.53 bits per heavy atom. The summed E-state index contributed by atoms with van der Waals surface area (Å²) in [6.07, 6.45) is 5.22. The molecule has 0 saturated carbocycles. The summed E-state index contributed by atoms with van der Waals surface area (Å²) < 4.78 is 29.5. The minimum atomic E-state index is -3.45. The lowest BCUT2D eigenvalue weighted by Gasteiger charge is -2.25. The number of hydrogen-bond donors (Lipinski definition) is 1. The van der Waals surface area contributed by atoms with Crippen LogP contribution in [0.5, 0.6) is 0 Å². The Labute approximate surface area is 190 Å². The van der Waals surface area contributed by atoms with Gasteiger partial charge in [-0.05, 0) is 48.6 Å². The van der Waals surface area contributed by atoms with Gasteiger partial charge in [-0.1, -0.05) is 43.7 Å². The molecule has 1 saturated heterocycles. The lowest BCUT2D eigenvalue weighted by molar-refractivity contribution is -0.121. The molecular weight excluding hydrogens is 422 g/mol. The molecule has 0 radical (unpaired) electrons. The Kier molecular flexibility index (Phi) is 6.96. The molecule has 1 aliphatic heterocycles. The van der Waals surface area contributed by atoms with Crippen LogP contribution in [0.4, 0.5) is 0 Å². The van der Waals surface area contributed by atoms with Gasteiger partial charge in [-0.2, -0.15) is 4.31 Å². The zero-order valence-electron chi connectivity index (χ0n) is 18.5. The second-order valence-electron chi connectivity index (χ2n) is 8.56. The molecule has 32 heavy (non-hydrogen) atoms. The first-order chi connectivity index (χ1) is 15.4. The van der Waals surface area contributed by atoms with Crippen LogP contribution in [0.25, 0.3) is 10.9 Å². The van der Waals surface area contributed by atoms with Gasteiger partial charge in [0.15, 0.2) is 0 Å². The number of nitrogens with zero attached hydrogens (tertiary/aromatic N) is 2. The molecule has 0 bridgehead atoms. The van der Waals surface area contributed by atoms with Crippen LogP contribution in [0.2, 0.25) is 0 Å². The first-order valence-corrected chi connectivity index (χ1v) is 12.8. The molecular formula is C25H31N3O3S. The Balaban J connectivity index is 1.36. The zero-order valence-corrected chi connectivity index (χ0v) is 19.4. The molecule has 1 fully saturated rings. The first-order valence-electron chi connectivity index (χ1n) is 11.4. The maximum atomic E-state index is 12.9. The molecule has 1 aliphatic rings. The Morgan fingerprint density at radius 2 is 1.78 bits per heavy atom. The van der Waals surface area contributed by atoms with Crippen molar-refractivity contribution in [2.75, 3.05) is 19.6 Å². The monoisotopic (exact) mass is 453 g/mol. The molecule has 3 aromatic rings. The van der Waals surface area contributed by atoms with E-state index in [9.17, 15) is 13.2 Å². The van der Waals surface area contributed by atoms with Gasteiger partial charge in [-0.25, -0.2) is 8.42 Å². The number of carbonyl (C=O) groups excluding carboxylic acids is 1. The molecule has 0 unspecified atom stereocenters. The summed E-state index contributed by atoms with van der Waals surface area (Å²) in [6, 6.07) is 17.3. The van der Waals surface area contributed by atoms with Crippen molar-refractivity contribution in [1.29, 1.82) is 0 Å². The smallest absolute Gasteiger partial charge is 0.243 e. The summed E-state index contributed by atoms with van der Waals surface area (Å²) in [7, 11) is -3.45. The molecule has 1 N–H and O–H groups in total. The van der Waals surface area contributed by atoms with Gasteiger partial charge in [-0.3, -0.25) is 4.79 Å². The number of fused-ring (bicyclic) bond motifs is 1. The van der Waals surface area contributed by atoms with Crippen LogP contribution in [-0.2, 0) is 21.4 Å². The third-order valence-electron chi connectivity index (χ3n) is 6.25. The number of carbonyl (C=O) groups is 1. The number of hydrogen-bond acceptors (Lipinski definition) is 3. The lowest BCUT2D eigenvalue weighted by atomic mass is 10.0. The Morgan fingerprint density at radius 1 is 1.03 bits per heavy atom. The van der Waals surface area contributed by atoms with Gasteiger partial charge in [0.25, 0.3) is 0 Å². The van der Waals surface area contributed by atoms with E-state index in [1.54, 1.807) is 16.4 Å². The summed E-state index contributed by atoms with van der Waals surface area (Å²) in [4.78, 5) is 12.7. The molecule has 4 rings (SSSR count). The lowest BCUT2D eigenvalue weighted by Crippen LogP contribution is -2.35. The molecule has 1 atom stereocenters. The van der Waals surface area contributed by atoms with Crippen LogP contribution < -0.4 is 5.32 Å². The van der Waals surface area contributed by atoms with Crippen LogP contribution in [0, 0.1) is 0 Å². The Hall–Kier alpha value is -2.64. The minimum absolute atomic E-state index is 0.0129. The van der Waals surface area contributed by atoms with Gasteiger partial charge in [-0.15, -0.1) is 0 Å². The standard InChI is InChI=1S/C25H31N3O3S/c1-20(21-8-4-2-5-9-21)19-26-25(29)13-17-27-16-12-22-18-23(10-11-24(22)27)32(30,31)28-14-6-3-7-15-28/h2,4-5,8-12,16,18,20H,3,6-7,13-15,17,19H2,1H3,(H,26,29)/t20-/m0/s1. The van der Waals surface area contributed by atoms with Crippen LogP contribution in [0.15, 0.2) is 65.7 Å². The average molecular weight is 454 g/mol. The summed E-state index contributed by atoms with van der Waals surface area (Å²) in [5, 5.41) is 3.90. The fraction of sp³-hybridized carbons (Fsp3) is 0.400. The van der Waals surface area contributed by atoms with Crippen molar-refractivity contribution >= 4 is 26.8 Å². The normalized spacial score (nSPS) is 16.2. The molecule has 6 nitrogen and oxygen atoms in total. The van der Waals surface area contributed by atoms with Crippen LogP contribution in [-0.4, -0.2) is 42.8 Å². The van der Waals surface area contributed by atoms with E-state index in [0.29, 0.717) is 37.5 Å². The zero-order chi connectivity index (χ0) is 22.6. The summed E-state index contributed by atoms with van der Waals surface area (Å²) >= 11 is 0. The van der Waals surface area contributed by atoms with Gasteiger partial charge in [0.1, 0.15) is 0 Å². The number of aryl methyl sites for hydroxylation is 1. The van der Waals surface area contributed by atoms with Crippen LogP contribution in [0.3, 0.4) is 0 Å². The van der Waals surface area contributed by atoms with Crippen molar-refractivity contribution in [3.05, 3.63) is 66.4 Å². The van der Waals surface area contributed by atoms with Crippen molar-refractivity contribution in [2.24, 2.45) is 0 Å². The SMILES string of the molecule is C[C@@H](CNC(=O)CCn1ccc2cc(S(=O)(=O)N3CCCCC3)ccc21)c1ccccc1. The van der Waals surface area contributed by atoms with Gasteiger partial charge < -0.3 is 9.88 Å². The van der Waals surface area contributed by atoms with E-state index < -0.39 is 10.0 Å². The molecule has 170 valence electrons. The van der Waals surface area contributed by atoms with Gasteiger partial charge in [0.2, 0.25) is 15.9 Å². The first kappa shape index (κ1) is 22.6. The maximum Gasteiger partial charge on any atom is 0.243 e. The number of benzene rings is 2. The van der Waals surface area contributed by atoms with E-state index in [0.717, 1.165) is 30.2 Å². The van der Waals surface area contributed by atoms with Gasteiger partial charge in [0, 0.05) is 49.7 Å². The number of aromatic nitrogens is 1. The topological polar surface area (TPSA) is 71.4 Å². The Bertz CT molecular complexity index is 1170. The van der Waals surface area contributed by atoms with Crippen LogP contribution in [0.1, 0.15) is 44.1 Å². The molecule has 1 aromatic heterocycles. The molecule has 0 aliphatic carbocycles. The van der Waals surface area contributed by atoms with E-state index >= 15 is 0 Å². The van der Waals surface area contributed by atoms with Crippen molar-refractivity contribution in [3.63, 3.8) is 0 Å². The van der Waals surface area contributed by atoms with Crippen molar-refractivity contribution < 1.29 is 13.2 Å². The number of rotatable bonds is 8. The largest absolute Gasteiger partial charge is 0.355 e. The van der Waals surface area contributed by atoms with Crippen molar-refractivity contribution in [1.82, 2.24) is 14.2 Å². The summed E-state index contributed by atoms with van der Waals surface area (Å²) in [5.74, 6) is 0.270. The third-order valence-corrected chi connectivity index (χ3v) is 8.14. The highest BCUT2D eigenvalue weighted by Gasteiger charge is 2.26.